The molecule has 0 aliphatic carbocycles. The Morgan fingerprint density at radius 1 is 1.37 bits per heavy atom. The van der Waals surface area contributed by atoms with Crippen LogP contribution in [0, 0.1) is 21.4 Å². The van der Waals surface area contributed by atoms with Gasteiger partial charge in [0.25, 0.3) is 5.69 Å². The lowest BCUT2D eigenvalue weighted by molar-refractivity contribution is -0.387. The minimum atomic E-state index is -3.72. The number of sulfone groups is 1. The van der Waals surface area contributed by atoms with Gasteiger partial charge >= 0.3 is 0 Å². The highest BCUT2D eigenvalue weighted by Crippen LogP contribution is 2.31. The first-order valence-corrected chi connectivity index (χ1v) is 10.8. The van der Waals surface area contributed by atoms with Crippen LogP contribution in [0.25, 0.3) is 0 Å². The second-order valence-corrected chi connectivity index (χ2v) is 10.1. The average Bonchev–Trinajstić information content (AvgIpc) is 2.57. The van der Waals surface area contributed by atoms with Crippen LogP contribution >= 0.6 is 0 Å². The molecular weight excluding hydrogens is 370 g/mol. The Morgan fingerprint density at radius 3 is 2.59 bits per heavy atom. The molecule has 1 fully saturated rings. The molecule has 150 valence electrons. The molecule has 0 aromatic heterocycles. The topological polar surface area (TPSA) is 110 Å². The summed E-state index contributed by atoms with van der Waals surface area (Å²) in [7, 11) is -3.72. The van der Waals surface area contributed by atoms with Gasteiger partial charge in [-0.25, -0.2) is 8.42 Å². The third kappa shape index (κ3) is 5.41. The molecule has 0 radical (unpaired) electrons. The number of carbonyl (C=O) groups is 1. The molecule has 0 bridgehead atoms. The number of carbonyl (C=O) groups excluding carboxylic acids is 1. The number of hydrogen-bond acceptors (Lipinski definition) is 6. The number of nitrogens with one attached hydrogen (secondary N) is 1. The van der Waals surface area contributed by atoms with E-state index in [9.17, 15) is 23.3 Å². The highest BCUT2D eigenvalue weighted by molar-refractivity contribution is 7.90. The maximum Gasteiger partial charge on any atom is 0.288 e. The molecule has 1 atom stereocenters. The van der Waals surface area contributed by atoms with E-state index in [2.05, 4.69) is 5.32 Å². The summed E-state index contributed by atoms with van der Waals surface area (Å²) in [6.45, 7) is 7.53. The van der Waals surface area contributed by atoms with Gasteiger partial charge in [0.1, 0.15) is 4.90 Å². The van der Waals surface area contributed by atoms with E-state index in [-0.39, 0.29) is 16.7 Å². The largest absolute Gasteiger partial charge is 0.371 e. The Labute approximate surface area is 160 Å². The molecular formula is C18H27N3O5S. The molecule has 1 aliphatic heterocycles. The molecule has 1 amide bonds. The van der Waals surface area contributed by atoms with Crippen LogP contribution in [0.4, 0.5) is 11.4 Å². The molecule has 1 N–H and O–H groups in total. The van der Waals surface area contributed by atoms with E-state index in [1.54, 1.807) is 6.07 Å². The van der Waals surface area contributed by atoms with Crippen LogP contribution in [0.2, 0.25) is 0 Å². The zero-order valence-electron chi connectivity index (χ0n) is 16.2. The summed E-state index contributed by atoms with van der Waals surface area (Å²) >= 11 is 0. The van der Waals surface area contributed by atoms with Crippen LogP contribution in [-0.2, 0) is 14.6 Å². The molecule has 1 heterocycles. The van der Waals surface area contributed by atoms with Crippen molar-refractivity contribution in [2.75, 3.05) is 30.8 Å². The van der Waals surface area contributed by atoms with E-state index in [0.29, 0.717) is 18.8 Å². The quantitative estimate of drug-likeness (QED) is 0.603. The van der Waals surface area contributed by atoms with E-state index in [0.717, 1.165) is 25.6 Å². The molecule has 1 aliphatic rings. The summed E-state index contributed by atoms with van der Waals surface area (Å²) in [4.78, 5) is 24.3. The molecule has 0 spiro atoms. The van der Waals surface area contributed by atoms with Gasteiger partial charge in [-0.2, -0.15) is 0 Å². The summed E-state index contributed by atoms with van der Waals surface area (Å²) in [6.07, 6.45) is 2.84. The minimum absolute atomic E-state index is 0.00526. The molecule has 1 unspecified atom stereocenters. The SMILES string of the molecule is CC(C)(C)C(=O)NCC1CCCN(c2ccc([N+](=O)[O-])c(S(C)(=O)=O)c2)C1. The lowest BCUT2D eigenvalue weighted by Crippen LogP contribution is -2.43. The number of piperidine rings is 1. The number of nitro benzene ring substituents is 1. The van der Waals surface area contributed by atoms with Crippen molar-refractivity contribution in [2.45, 2.75) is 38.5 Å². The van der Waals surface area contributed by atoms with Gasteiger partial charge in [-0.3, -0.25) is 14.9 Å². The van der Waals surface area contributed by atoms with E-state index in [1.165, 1.54) is 12.1 Å². The standard InChI is InChI=1S/C18H27N3O5S/c1-18(2,3)17(22)19-11-13-6-5-9-20(12-13)14-7-8-15(21(23)24)16(10-14)27(4,25)26/h7-8,10,13H,5-6,9,11-12H2,1-4H3,(H,19,22). The number of benzene rings is 1. The second kappa shape index (κ2) is 7.84. The fraction of sp³-hybridized carbons (Fsp3) is 0.611. The lowest BCUT2D eigenvalue weighted by atomic mass is 9.94. The number of rotatable bonds is 5. The monoisotopic (exact) mass is 397 g/mol. The van der Waals surface area contributed by atoms with Gasteiger partial charge in [0, 0.05) is 43.1 Å². The lowest BCUT2D eigenvalue weighted by Gasteiger charge is -2.35. The average molecular weight is 397 g/mol. The van der Waals surface area contributed by atoms with Crippen LogP contribution in [0.3, 0.4) is 0 Å². The zero-order chi connectivity index (χ0) is 20.4. The first-order chi connectivity index (χ1) is 12.4. The maximum absolute atomic E-state index is 12.1. The van der Waals surface area contributed by atoms with Gasteiger partial charge in [0.05, 0.1) is 4.92 Å². The highest BCUT2D eigenvalue weighted by atomic mass is 32.2. The summed E-state index contributed by atoms with van der Waals surface area (Å²) < 4.78 is 23.9. The van der Waals surface area contributed by atoms with Crippen molar-refractivity contribution in [1.82, 2.24) is 5.32 Å². The Balaban J connectivity index is 2.16. The Morgan fingerprint density at radius 2 is 2.04 bits per heavy atom. The molecule has 27 heavy (non-hydrogen) atoms. The van der Waals surface area contributed by atoms with Gasteiger partial charge in [0.15, 0.2) is 9.84 Å². The van der Waals surface area contributed by atoms with E-state index in [1.807, 2.05) is 25.7 Å². The third-order valence-corrected chi connectivity index (χ3v) is 5.78. The van der Waals surface area contributed by atoms with Crippen molar-refractivity contribution in [1.29, 1.82) is 0 Å². The Bertz CT molecular complexity index is 830. The predicted molar refractivity (Wildman–Crippen MR) is 104 cm³/mol. The Kier molecular flexibility index (Phi) is 6.14. The zero-order valence-corrected chi connectivity index (χ0v) is 17.0. The smallest absolute Gasteiger partial charge is 0.288 e. The van der Waals surface area contributed by atoms with E-state index >= 15 is 0 Å². The van der Waals surface area contributed by atoms with Crippen LogP contribution in [0.15, 0.2) is 23.1 Å². The molecule has 8 nitrogen and oxygen atoms in total. The second-order valence-electron chi connectivity index (χ2n) is 8.10. The molecule has 1 aromatic rings. The van der Waals surface area contributed by atoms with Gasteiger partial charge in [-0.15, -0.1) is 0 Å². The van der Waals surface area contributed by atoms with Gasteiger partial charge < -0.3 is 10.2 Å². The van der Waals surface area contributed by atoms with Crippen molar-refractivity contribution >= 4 is 27.1 Å². The van der Waals surface area contributed by atoms with Gasteiger partial charge in [-0.1, -0.05) is 20.8 Å². The van der Waals surface area contributed by atoms with Crippen molar-refractivity contribution in [3.05, 3.63) is 28.3 Å². The molecule has 9 heteroatoms. The minimum Gasteiger partial charge on any atom is -0.371 e. The summed E-state index contributed by atoms with van der Waals surface area (Å²) in [6, 6.07) is 4.21. The predicted octanol–water partition coefficient (Wildman–Crippen LogP) is 2.38. The molecule has 0 saturated carbocycles. The third-order valence-electron chi connectivity index (χ3n) is 4.66. The van der Waals surface area contributed by atoms with Crippen LogP contribution < -0.4 is 10.2 Å². The van der Waals surface area contributed by atoms with E-state index in [4.69, 9.17) is 0 Å². The number of anilines is 1. The fourth-order valence-corrected chi connectivity index (χ4v) is 3.97. The number of hydrogen-bond donors (Lipinski definition) is 1. The summed E-state index contributed by atoms with van der Waals surface area (Å²) in [5.41, 5.74) is -0.211. The molecule has 1 saturated heterocycles. The number of nitro groups is 1. The van der Waals surface area contributed by atoms with Gasteiger partial charge in [0.2, 0.25) is 5.91 Å². The van der Waals surface area contributed by atoms with Crippen LogP contribution in [-0.4, -0.2) is 45.1 Å². The normalized spacial score (nSPS) is 18.2. The first-order valence-electron chi connectivity index (χ1n) is 8.91. The van der Waals surface area contributed by atoms with Crippen LogP contribution in [0.1, 0.15) is 33.6 Å². The van der Waals surface area contributed by atoms with Crippen molar-refractivity contribution in [3.63, 3.8) is 0 Å². The van der Waals surface area contributed by atoms with Crippen LogP contribution in [0.5, 0.6) is 0 Å². The van der Waals surface area contributed by atoms with Crippen molar-refractivity contribution in [3.8, 4) is 0 Å². The molecule has 1 aromatic carbocycles. The summed E-state index contributed by atoms with van der Waals surface area (Å²) in [5.74, 6) is 0.233. The number of nitrogens with zero attached hydrogens (tertiary/aromatic N) is 2. The first kappa shape index (κ1) is 21.1. The van der Waals surface area contributed by atoms with Gasteiger partial charge in [-0.05, 0) is 30.9 Å². The molecule has 2 rings (SSSR count). The Hall–Kier alpha value is -2.16. The fourth-order valence-electron chi connectivity index (χ4n) is 3.12. The summed E-state index contributed by atoms with van der Waals surface area (Å²) in [5, 5.41) is 14.1. The number of amides is 1. The maximum atomic E-state index is 12.1. The highest BCUT2D eigenvalue weighted by Gasteiger charge is 2.27. The van der Waals surface area contributed by atoms with E-state index < -0.39 is 25.9 Å². The van der Waals surface area contributed by atoms with Crippen molar-refractivity contribution in [2.24, 2.45) is 11.3 Å². The van der Waals surface area contributed by atoms with Crippen molar-refractivity contribution < 1.29 is 18.1 Å².